The molecule has 0 bridgehead atoms. The molecule has 26 heavy (non-hydrogen) atoms. The lowest BCUT2D eigenvalue weighted by atomic mass is 10.2. The first kappa shape index (κ1) is 20.9. The summed E-state index contributed by atoms with van der Waals surface area (Å²) in [5, 5.41) is 5.93. The fraction of sp³-hybridized carbons (Fsp3) is 0.263. The van der Waals surface area contributed by atoms with Crippen LogP contribution < -0.4 is 15.4 Å². The van der Waals surface area contributed by atoms with E-state index in [9.17, 15) is 4.79 Å². The van der Waals surface area contributed by atoms with Crippen molar-refractivity contribution in [2.75, 3.05) is 11.9 Å². The number of halogens is 2. The lowest BCUT2D eigenvalue weighted by Crippen LogP contribution is -2.34. The van der Waals surface area contributed by atoms with Crippen LogP contribution in [0.25, 0.3) is 0 Å². The van der Waals surface area contributed by atoms with Crippen LogP contribution in [0, 0.1) is 12.8 Å². The molecule has 0 fully saturated rings. The van der Waals surface area contributed by atoms with Crippen LogP contribution in [0.15, 0.2) is 45.3 Å². The number of hydrogen-bond acceptors (Lipinski definition) is 3. The van der Waals surface area contributed by atoms with Gasteiger partial charge in [-0.15, -0.1) is 0 Å². The molecule has 2 N–H and O–H groups in total. The van der Waals surface area contributed by atoms with Crippen molar-refractivity contribution in [2.45, 2.75) is 20.8 Å². The number of ether oxygens (including phenoxy) is 1. The normalized spacial score (nSPS) is 10.5. The predicted octanol–water partition coefficient (Wildman–Crippen LogP) is 5.68. The minimum absolute atomic E-state index is 0.232. The number of anilines is 1. The second kappa shape index (κ2) is 9.48. The molecule has 0 heterocycles. The Bertz CT molecular complexity index is 825. The van der Waals surface area contributed by atoms with Gasteiger partial charge in [0, 0.05) is 10.0 Å². The summed E-state index contributed by atoms with van der Waals surface area (Å²) in [7, 11) is 0. The molecule has 0 spiro atoms. The Balaban J connectivity index is 2.00. The molecule has 2 rings (SSSR count). The second-order valence-corrected chi connectivity index (χ2v) is 8.36. The van der Waals surface area contributed by atoms with E-state index < -0.39 is 0 Å². The number of benzene rings is 2. The molecule has 0 saturated heterocycles. The maximum absolute atomic E-state index is 12.4. The predicted molar refractivity (Wildman–Crippen MR) is 117 cm³/mol. The van der Waals surface area contributed by atoms with Gasteiger partial charge in [-0.1, -0.05) is 19.9 Å². The van der Waals surface area contributed by atoms with Crippen LogP contribution in [0.4, 0.5) is 5.69 Å². The van der Waals surface area contributed by atoms with Crippen molar-refractivity contribution < 1.29 is 9.53 Å². The van der Waals surface area contributed by atoms with Crippen molar-refractivity contribution >= 4 is 60.8 Å². The third-order valence-corrected chi connectivity index (χ3v) is 4.85. The van der Waals surface area contributed by atoms with Gasteiger partial charge < -0.3 is 10.1 Å². The molecule has 2 aromatic carbocycles. The Morgan fingerprint density at radius 3 is 2.50 bits per heavy atom. The van der Waals surface area contributed by atoms with Crippen LogP contribution in [0.1, 0.15) is 29.8 Å². The van der Waals surface area contributed by atoms with E-state index >= 15 is 0 Å². The van der Waals surface area contributed by atoms with E-state index in [2.05, 4.69) is 56.3 Å². The van der Waals surface area contributed by atoms with Gasteiger partial charge in [-0.3, -0.25) is 10.1 Å². The fourth-order valence-electron chi connectivity index (χ4n) is 2.07. The largest absolute Gasteiger partial charge is 0.492 e. The SMILES string of the molecule is Cc1ccc(NC(=S)NC(=O)c2ccc(OCC(C)C)c(Br)c2)c(Br)c1. The average Bonchev–Trinajstić information content (AvgIpc) is 2.56. The Morgan fingerprint density at radius 2 is 1.88 bits per heavy atom. The quantitative estimate of drug-likeness (QED) is 0.519. The van der Waals surface area contributed by atoms with E-state index in [4.69, 9.17) is 17.0 Å². The molecule has 0 aromatic heterocycles. The number of carbonyl (C=O) groups is 1. The zero-order valence-electron chi connectivity index (χ0n) is 14.7. The highest BCUT2D eigenvalue weighted by atomic mass is 79.9. The van der Waals surface area contributed by atoms with E-state index in [1.54, 1.807) is 18.2 Å². The highest BCUT2D eigenvalue weighted by molar-refractivity contribution is 9.11. The molecule has 0 aliphatic heterocycles. The Kier molecular flexibility index (Phi) is 7.61. The summed E-state index contributed by atoms with van der Waals surface area (Å²) >= 11 is 12.1. The van der Waals surface area contributed by atoms with E-state index in [0.717, 1.165) is 20.2 Å². The number of carbonyl (C=O) groups excluding carboxylic acids is 1. The molecule has 0 radical (unpaired) electrons. The first-order valence-electron chi connectivity index (χ1n) is 8.07. The Hall–Kier alpha value is -1.44. The summed E-state index contributed by atoms with van der Waals surface area (Å²) in [4.78, 5) is 12.4. The lowest BCUT2D eigenvalue weighted by Gasteiger charge is -2.13. The molecule has 138 valence electrons. The highest BCUT2D eigenvalue weighted by Crippen LogP contribution is 2.27. The lowest BCUT2D eigenvalue weighted by molar-refractivity contribution is 0.0977. The standard InChI is InChI=1S/C19H20Br2N2O2S/c1-11(2)10-25-17-7-5-13(9-15(17)21)18(24)23-19(26)22-16-6-4-12(3)8-14(16)20/h4-9,11H,10H2,1-3H3,(H2,22,23,24,26). The fourth-order valence-corrected chi connectivity index (χ4v) is 3.35. The molecular formula is C19H20Br2N2O2S. The average molecular weight is 500 g/mol. The van der Waals surface area contributed by atoms with Gasteiger partial charge in [0.1, 0.15) is 5.75 Å². The van der Waals surface area contributed by atoms with Crippen LogP contribution in [0.5, 0.6) is 5.75 Å². The van der Waals surface area contributed by atoms with E-state index in [-0.39, 0.29) is 11.0 Å². The molecular weight excluding hydrogens is 480 g/mol. The smallest absolute Gasteiger partial charge is 0.257 e. The summed E-state index contributed by atoms with van der Waals surface area (Å²) in [5.41, 5.74) is 2.41. The van der Waals surface area contributed by atoms with E-state index in [1.807, 2.05) is 25.1 Å². The summed E-state index contributed by atoms with van der Waals surface area (Å²) in [6.45, 7) is 6.77. The van der Waals surface area contributed by atoms with Crippen molar-refractivity contribution in [3.05, 3.63) is 56.5 Å². The van der Waals surface area contributed by atoms with Gasteiger partial charge in [0.2, 0.25) is 0 Å². The Morgan fingerprint density at radius 1 is 1.15 bits per heavy atom. The monoisotopic (exact) mass is 498 g/mol. The molecule has 0 aliphatic carbocycles. The zero-order valence-corrected chi connectivity index (χ0v) is 18.7. The minimum Gasteiger partial charge on any atom is -0.492 e. The topological polar surface area (TPSA) is 50.4 Å². The van der Waals surface area contributed by atoms with Crippen molar-refractivity contribution in [1.82, 2.24) is 5.32 Å². The number of thiocarbonyl (C=S) groups is 1. The van der Waals surface area contributed by atoms with Gasteiger partial charge >= 0.3 is 0 Å². The van der Waals surface area contributed by atoms with Crippen LogP contribution in [-0.4, -0.2) is 17.6 Å². The third-order valence-electron chi connectivity index (χ3n) is 3.37. The first-order valence-corrected chi connectivity index (χ1v) is 10.1. The number of amides is 1. The van der Waals surface area contributed by atoms with Gasteiger partial charge in [-0.05, 0) is 92.8 Å². The molecule has 2 aromatic rings. The van der Waals surface area contributed by atoms with Gasteiger partial charge in [-0.2, -0.15) is 0 Å². The minimum atomic E-state index is -0.290. The number of nitrogens with one attached hydrogen (secondary N) is 2. The van der Waals surface area contributed by atoms with Crippen molar-refractivity contribution in [3.8, 4) is 5.75 Å². The molecule has 1 amide bonds. The number of hydrogen-bond donors (Lipinski definition) is 2. The molecule has 0 atom stereocenters. The van der Waals surface area contributed by atoms with Crippen molar-refractivity contribution in [3.63, 3.8) is 0 Å². The first-order chi connectivity index (χ1) is 12.3. The van der Waals surface area contributed by atoms with Crippen LogP contribution >= 0.6 is 44.1 Å². The summed E-state index contributed by atoms with van der Waals surface area (Å²) < 4.78 is 7.30. The number of aryl methyl sites for hydroxylation is 1. The second-order valence-electron chi connectivity index (χ2n) is 6.24. The van der Waals surface area contributed by atoms with Crippen LogP contribution in [-0.2, 0) is 0 Å². The Labute approximate surface area is 176 Å². The maximum atomic E-state index is 12.4. The van der Waals surface area contributed by atoms with E-state index in [1.165, 1.54) is 0 Å². The van der Waals surface area contributed by atoms with Crippen molar-refractivity contribution in [2.24, 2.45) is 5.92 Å². The molecule has 4 nitrogen and oxygen atoms in total. The molecule has 7 heteroatoms. The van der Waals surface area contributed by atoms with Gasteiger partial charge in [-0.25, -0.2) is 0 Å². The van der Waals surface area contributed by atoms with E-state index in [0.29, 0.717) is 23.8 Å². The summed E-state index contributed by atoms with van der Waals surface area (Å²) in [6.07, 6.45) is 0. The zero-order chi connectivity index (χ0) is 19.3. The molecule has 0 aliphatic rings. The molecule has 0 saturated carbocycles. The van der Waals surface area contributed by atoms with Crippen LogP contribution in [0.3, 0.4) is 0 Å². The van der Waals surface area contributed by atoms with Crippen molar-refractivity contribution in [1.29, 1.82) is 0 Å². The molecule has 0 unspecified atom stereocenters. The van der Waals surface area contributed by atoms with Gasteiger partial charge in [0.15, 0.2) is 5.11 Å². The maximum Gasteiger partial charge on any atom is 0.257 e. The number of rotatable bonds is 5. The highest BCUT2D eigenvalue weighted by Gasteiger charge is 2.12. The van der Waals surface area contributed by atoms with Gasteiger partial charge in [0.25, 0.3) is 5.91 Å². The summed E-state index contributed by atoms with van der Waals surface area (Å²) in [6, 6.07) is 11.0. The summed E-state index contributed by atoms with van der Waals surface area (Å²) in [5.74, 6) is 0.843. The third kappa shape index (κ3) is 6.07. The van der Waals surface area contributed by atoms with Gasteiger partial charge in [0.05, 0.1) is 16.8 Å². The van der Waals surface area contributed by atoms with Crippen LogP contribution in [0.2, 0.25) is 0 Å².